The second-order valence-corrected chi connectivity index (χ2v) is 6.65. The van der Waals surface area contributed by atoms with E-state index in [2.05, 4.69) is 4.72 Å². The molecule has 8 nitrogen and oxygen atoms in total. The summed E-state index contributed by atoms with van der Waals surface area (Å²) in [7, 11) is -2.60. The van der Waals surface area contributed by atoms with Gasteiger partial charge in [0, 0.05) is 13.2 Å². The van der Waals surface area contributed by atoms with Crippen molar-refractivity contribution in [2.75, 3.05) is 20.3 Å². The Bertz CT molecular complexity index is 640. The number of nitrogens with one attached hydrogen (secondary N) is 1. The minimum Gasteiger partial charge on any atom is -0.497 e. The molecule has 0 saturated carbocycles. The maximum absolute atomic E-state index is 12.2. The number of benzene rings is 1. The molecule has 1 aromatic carbocycles. The lowest BCUT2D eigenvalue weighted by atomic mass is 10.2. The Kier molecular flexibility index (Phi) is 5.33. The highest BCUT2D eigenvalue weighted by molar-refractivity contribution is 7.89. The van der Waals surface area contributed by atoms with E-state index in [1.165, 1.54) is 19.2 Å². The van der Waals surface area contributed by atoms with Gasteiger partial charge in [0.1, 0.15) is 5.75 Å². The van der Waals surface area contributed by atoms with E-state index in [9.17, 15) is 18.5 Å². The maximum atomic E-state index is 12.2. The van der Waals surface area contributed by atoms with Gasteiger partial charge >= 0.3 is 0 Å². The van der Waals surface area contributed by atoms with Crippen LogP contribution in [0.1, 0.15) is 19.3 Å². The summed E-state index contributed by atoms with van der Waals surface area (Å²) in [6, 6.07) is 3.64. The fourth-order valence-corrected chi connectivity index (χ4v) is 3.50. The van der Waals surface area contributed by atoms with Gasteiger partial charge in [-0.3, -0.25) is 10.1 Å². The van der Waals surface area contributed by atoms with Gasteiger partial charge < -0.3 is 9.47 Å². The topological polar surface area (TPSA) is 108 Å². The number of rotatable bonds is 7. The zero-order valence-corrected chi connectivity index (χ0v) is 13.0. The third-order valence-electron chi connectivity index (χ3n) is 3.43. The van der Waals surface area contributed by atoms with Crippen LogP contribution in [0, 0.1) is 10.1 Å². The predicted octanol–water partition coefficient (Wildman–Crippen LogP) is 1.45. The van der Waals surface area contributed by atoms with Crippen molar-refractivity contribution in [2.45, 2.75) is 30.3 Å². The molecule has 0 aliphatic carbocycles. The second-order valence-electron chi connectivity index (χ2n) is 4.91. The first kappa shape index (κ1) is 16.7. The Balaban J connectivity index is 2.12. The number of nitrogens with zero attached hydrogens (tertiary/aromatic N) is 1. The highest BCUT2D eigenvalue weighted by Gasteiger charge is 2.26. The van der Waals surface area contributed by atoms with Gasteiger partial charge in [-0.25, -0.2) is 13.1 Å². The number of hydrogen-bond acceptors (Lipinski definition) is 6. The minimum absolute atomic E-state index is 0.0496. The summed E-state index contributed by atoms with van der Waals surface area (Å²) in [5.74, 6) is 0.227. The van der Waals surface area contributed by atoms with Crippen LogP contribution in [-0.2, 0) is 14.8 Å². The van der Waals surface area contributed by atoms with Gasteiger partial charge in [0.15, 0.2) is 4.90 Å². The number of hydrogen-bond donors (Lipinski definition) is 1. The van der Waals surface area contributed by atoms with Crippen molar-refractivity contribution in [3.05, 3.63) is 28.3 Å². The minimum atomic E-state index is -3.96. The fraction of sp³-hybridized carbons (Fsp3) is 0.538. The standard InChI is InChI=1S/C13H18N2O6S/c1-20-11-4-5-13(12(9-11)15(16)17)22(18,19)14-7-6-10-3-2-8-21-10/h4-5,9-10,14H,2-3,6-8H2,1H3/t10-/m1/s1. The lowest BCUT2D eigenvalue weighted by Gasteiger charge is -2.11. The third-order valence-corrected chi connectivity index (χ3v) is 4.94. The highest BCUT2D eigenvalue weighted by Crippen LogP contribution is 2.28. The molecule has 1 aliphatic heterocycles. The molecule has 0 bridgehead atoms. The molecule has 1 heterocycles. The summed E-state index contributed by atoms with van der Waals surface area (Å²) < 4.78 is 37.1. The van der Waals surface area contributed by atoms with Gasteiger partial charge in [-0.15, -0.1) is 0 Å². The molecular formula is C13H18N2O6S. The van der Waals surface area contributed by atoms with Crippen LogP contribution in [0.4, 0.5) is 5.69 Å². The number of sulfonamides is 1. The van der Waals surface area contributed by atoms with Gasteiger partial charge in [-0.2, -0.15) is 0 Å². The van der Waals surface area contributed by atoms with Crippen molar-refractivity contribution >= 4 is 15.7 Å². The van der Waals surface area contributed by atoms with Crippen LogP contribution in [0.25, 0.3) is 0 Å². The van der Waals surface area contributed by atoms with Crippen molar-refractivity contribution in [1.29, 1.82) is 0 Å². The average molecular weight is 330 g/mol. The van der Waals surface area contributed by atoms with Crippen LogP contribution in [0.15, 0.2) is 23.1 Å². The van der Waals surface area contributed by atoms with E-state index in [-0.39, 0.29) is 23.3 Å². The highest BCUT2D eigenvalue weighted by atomic mass is 32.2. The molecule has 0 aromatic heterocycles. The van der Waals surface area contributed by atoms with Gasteiger partial charge in [-0.05, 0) is 31.4 Å². The fourth-order valence-electron chi connectivity index (χ4n) is 2.30. The molecule has 122 valence electrons. The Hall–Kier alpha value is -1.71. The monoisotopic (exact) mass is 330 g/mol. The summed E-state index contributed by atoms with van der Waals surface area (Å²) in [5.41, 5.74) is -0.510. The van der Waals surface area contributed by atoms with Crippen molar-refractivity contribution in [1.82, 2.24) is 4.72 Å². The van der Waals surface area contributed by atoms with Crippen LogP contribution in [0.2, 0.25) is 0 Å². The first-order valence-corrected chi connectivity index (χ1v) is 8.36. The summed E-state index contributed by atoms with van der Waals surface area (Å²) in [4.78, 5) is 9.95. The molecule has 0 amide bonds. The quantitative estimate of drug-likeness (QED) is 0.599. The predicted molar refractivity (Wildman–Crippen MR) is 78.4 cm³/mol. The van der Waals surface area contributed by atoms with Crippen molar-refractivity contribution in [2.24, 2.45) is 0 Å². The average Bonchev–Trinajstić information content (AvgIpc) is 2.99. The zero-order chi connectivity index (χ0) is 16.2. The van der Waals surface area contributed by atoms with E-state index >= 15 is 0 Å². The molecule has 2 rings (SSSR count). The van der Waals surface area contributed by atoms with E-state index in [1.807, 2.05) is 0 Å². The zero-order valence-electron chi connectivity index (χ0n) is 12.1. The summed E-state index contributed by atoms with van der Waals surface area (Å²) in [6.45, 7) is 0.873. The van der Waals surface area contributed by atoms with Crippen LogP contribution < -0.4 is 9.46 Å². The largest absolute Gasteiger partial charge is 0.497 e. The lowest BCUT2D eigenvalue weighted by Crippen LogP contribution is -2.27. The van der Waals surface area contributed by atoms with Gasteiger partial charge in [0.05, 0.1) is 24.2 Å². The Labute approximate surface area is 128 Å². The number of nitro benzene ring substituents is 1. The SMILES string of the molecule is COc1ccc(S(=O)(=O)NCC[C@H]2CCCO2)c([N+](=O)[O-])c1. The van der Waals surface area contributed by atoms with E-state index in [0.29, 0.717) is 13.0 Å². The molecule has 1 atom stereocenters. The molecule has 1 saturated heterocycles. The normalized spacial score (nSPS) is 18.3. The molecule has 9 heteroatoms. The summed E-state index contributed by atoms with van der Waals surface area (Å²) in [6.07, 6.45) is 2.48. The smallest absolute Gasteiger partial charge is 0.293 e. The second kappa shape index (κ2) is 7.03. The molecular weight excluding hydrogens is 312 g/mol. The van der Waals surface area contributed by atoms with Crippen LogP contribution in [-0.4, -0.2) is 39.7 Å². The van der Waals surface area contributed by atoms with E-state index in [0.717, 1.165) is 18.9 Å². The molecule has 0 radical (unpaired) electrons. The number of nitro groups is 1. The Morgan fingerprint density at radius 3 is 2.86 bits per heavy atom. The van der Waals surface area contributed by atoms with Crippen LogP contribution in [0.3, 0.4) is 0 Å². The number of methoxy groups -OCH3 is 1. The molecule has 22 heavy (non-hydrogen) atoms. The van der Waals surface area contributed by atoms with Crippen molar-refractivity contribution < 1.29 is 22.8 Å². The lowest BCUT2D eigenvalue weighted by molar-refractivity contribution is -0.387. The molecule has 0 unspecified atom stereocenters. The summed E-state index contributed by atoms with van der Waals surface area (Å²) >= 11 is 0. The first-order chi connectivity index (χ1) is 10.4. The van der Waals surface area contributed by atoms with Gasteiger partial charge in [0.25, 0.3) is 5.69 Å². The van der Waals surface area contributed by atoms with E-state index < -0.39 is 20.6 Å². The van der Waals surface area contributed by atoms with Crippen LogP contribution >= 0.6 is 0 Å². The molecule has 1 aromatic rings. The molecule has 1 aliphatic rings. The third kappa shape index (κ3) is 3.93. The molecule has 1 N–H and O–H groups in total. The molecule has 1 fully saturated rings. The number of ether oxygens (including phenoxy) is 2. The maximum Gasteiger partial charge on any atom is 0.293 e. The summed E-state index contributed by atoms with van der Waals surface area (Å²) in [5, 5.41) is 11.1. The Morgan fingerprint density at radius 2 is 2.27 bits per heavy atom. The van der Waals surface area contributed by atoms with Gasteiger partial charge in [-0.1, -0.05) is 0 Å². The van der Waals surface area contributed by atoms with E-state index in [4.69, 9.17) is 9.47 Å². The molecule has 0 spiro atoms. The first-order valence-electron chi connectivity index (χ1n) is 6.88. The van der Waals surface area contributed by atoms with Gasteiger partial charge in [0.2, 0.25) is 10.0 Å². The van der Waals surface area contributed by atoms with E-state index in [1.54, 1.807) is 0 Å². The van der Waals surface area contributed by atoms with Crippen molar-refractivity contribution in [3.8, 4) is 5.75 Å². The van der Waals surface area contributed by atoms with Crippen LogP contribution in [0.5, 0.6) is 5.75 Å². The Morgan fingerprint density at radius 1 is 1.50 bits per heavy atom. The van der Waals surface area contributed by atoms with Crippen molar-refractivity contribution in [3.63, 3.8) is 0 Å².